The van der Waals surface area contributed by atoms with E-state index in [1.807, 2.05) is 0 Å². The van der Waals surface area contributed by atoms with E-state index in [0.717, 1.165) is 6.42 Å². The highest BCUT2D eigenvalue weighted by Crippen LogP contribution is 1.96. The van der Waals surface area contributed by atoms with E-state index >= 15 is 0 Å². The molecule has 1 amide bonds. The first kappa shape index (κ1) is 11.4. The molecule has 1 aromatic heterocycles. The van der Waals surface area contributed by atoms with E-state index < -0.39 is 0 Å². The molecule has 0 unspecified atom stereocenters. The number of aromatic nitrogens is 2. The largest absolute Gasteiger partial charge is 0.347 e. The predicted octanol–water partition coefficient (Wildman–Crippen LogP) is -0.597. The Balaban J connectivity index is 2.29. The van der Waals surface area contributed by atoms with Crippen LogP contribution in [-0.4, -0.2) is 15.5 Å². The Kier molecular flexibility index (Phi) is 4.49. The van der Waals surface area contributed by atoms with Crippen LogP contribution in [-0.2, 0) is 11.3 Å². The lowest BCUT2D eigenvalue weighted by atomic mass is 10.2. The van der Waals surface area contributed by atoms with E-state index in [1.165, 1.54) is 10.8 Å². The fourth-order valence-electron chi connectivity index (χ4n) is 1.20. The van der Waals surface area contributed by atoms with Crippen molar-refractivity contribution < 1.29 is 4.79 Å². The zero-order valence-corrected chi connectivity index (χ0v) is 8.35. The number of unbranched alkanes of at least 4 members (excludes halogenated alkanes) is 1. The average Bonchev–Trinajstić information content (AvgIpc) is 2.26. The van der Waals surface area contributed by atoms with Crippen LogP contribution in [0.25, 0.3) is 0 Å². The third kappa shape index (κ3) is 3.90. The van der Waals surface area contributed by atoms with Crippen LogP contribution in [0.5, 0.6) is 0 Å². The maximum absolute atomic E-state index is 11.2. The summed E-state index contributed by atoms with van der Waals surface area (Å²) in [7, 11) is 0. The summed E-state index contributed by atoms with van der Waals surface area (Å²) in [5, 5.41) is 0. The lowest BCUT2D eigenvalue weighted by Gasteiger charge is -2.03. The van der Waals surface area contributed by atoms with E-state index in [9.17, 15) is 9.59 Å². The summed E-state index contributed by atoms with van der Waals surface area (Å²) in [6.45, 7) is 0.574. The number of hydrogen-bond acceptors (Lipinski definition) is 4. The normalized spacial score (nSPS) is 9.93. The summed E-state index contributed by atoms with van der Waals surface area (Å²) in [5.41, 5.74) is 1.79. The van der Waals surface area contributed by atoms with Gasteiger partial charge in [-0.2, -0.15) is 0 Å². The van der Waals surface area contributed by atoms with Gasteiger partial charge in [0.1, 0.15) is 0 Å². The Labute approximate surface area is 87.1 Å². The molecule has 6 heteroatoms. The minimum Gasteiger partial charge on any atom is -0.299 e. The van der Waals surface area contributed by atoms with Gasteiger partial charge in [-0.3, -0.25) is 14.8 Å². The molecule has 1 heterocycles. The molecule has 0 saturated carbocycles. The SMILES string of the molecule is NNC(=O)CCCCn1cccnc1=O. The fourth-order valence-corrected chi connectivity index (χ4v) is 1.20. The molecule has 0 aromatic carbocycles. The molecule has 1 rings (SSSR count). The van der Waals surface area contributed by atoms with Crippen LogP contribution < -0.4 is 17.0 Å². The molecule has 0 aliphatic rings. The van der Waals surface area contributed by atoms with Gasteiger partial charge in [0.25, 0.3) is 0 Å². The van der Waals surface area contributed by atoms with E-state index in [1.54, 1.807) is 12.3 Å². The number of aryl methyl sites for hydroxylation is 1. The highest BCUT2D eigenvalue weighted by Gasteiger charge is 1.99. The standard InChI is InChI=1S/C9H14N4O2/c10-12-8(14)4-1-2-6-13-7-3-5-11-9(13)15/h3,5,7H,1-2,4,6,10H2,(H,12,14). The van der Waals surface area contributed by atoms with Crippen molar-refractivity contribution in [1.29, 1.82) is 0 Å². The lowest BCUT2D eigenvalue weighted by Crippen LogP contribution is -2.29. The maximum atomic E-state index is 11.2. The molecule has 0 bridgehead atoms. The monoisotopic (exact) mass is 210 g/mol. The molecule has 0 spiro atoms. The van der Waals surface area contributed by atoms with Gasteiger partial charge in [-0.05, 0) is 18.9 Å². The average molecular weight is 210 g/mol. The first-order chi connectivity index (χ1) is 7.24. The van der Waals surface area contributed by atoms with Crippen LogP contribution in [0.3, 0.4) is 0 Å². The minimum absolute atomic E-state index is 0.187. The molecule has 15 heavy (non-hydrogen) atoms. The van der Waals surface area contributed by atoms with Gasteiger partial charge in [0, 0.05) is 25.4 Å². The second-order valence-corrected chi connectivity index (χ2v) is 3.12. The molecule has 0 fully saturated rings. The van der Waals surface area contributed by atoms with Crippen molar-refractivity contribution in [3.05, 3.63) is 28.9 Å². The maximum Gasteiger partial charge on any atom is 0.347 e. The van der Waals surface area contributed by atoms with Gasteiger partial charge >= 0.3 is 5.69 Å². The van der Waals surface area contributed by atoms with Crippen molar-refractivity contribution in [2.75, 3.05) is 0 Å². The molecule has 1 aromatic rings. The molecule has 3 N–H and O–H groups in total. The van der Waals surface area contributed by atoms with Gasteiger partial charge in [0.05, 0.1) is 0 Å². The first-order valence-electron chi connectivity index (χ1n) is 4.75. The van der Waals surface area contributed by atoms with Crippen molar-refractivity contribution in [2.24, 2.45) is 5.84 Å². The molecule has 0 aliphatic carbocycles. The Morgan fingerprint density at radius 1 is 1.53 bits per heavy atom. The number of rotatable bonds is 5. The first-order valence-corrected chi connectivity index (χ1v) is 4.75. The summed E-state index contributed by atoms with van der Waals surface area (Å²) in [4.78, 5) is 25.5. The molecular weight excluding hydrogens is 196 g/mol. The number of carbonyl (C=O) groups is 1. The lowest BCUT2D eigenvalue weighted by molar-refractivity contribution is -0.121. The summed E-state index contributed by atoms with van der Waals surface area (Å²) in [6, 6.07) is 1.70. The molecule has 0 saturated heterocycles. The smallest absolute Gasteiger partial charge is 0.299 e. The van der Waals surface area contributed by atoms with Crippen molar-refractivity contribution >= 4 is 5.91 Å². The summed E-state index contributed by atoms with van der Waals surface area (Å²) < 4.78 is 1.51. The highest BCUT2D eigenvalue weighted by atomic mass is 16.2. The van der Waals surface area contributed by atoms with Crippen LogP contribution in [0.15, 0.2) is 23.3 Å². The number of nitrogens with one attached hydrogen (secondary N) is 1. The van der Waals surface area contributed by atoms with Gasteiger partial charge in [0.15, 0.2) is 0 Å². The van der Waals surface area contributed by atoms with E-state index in [2.05, 4.69) is 10.4 Å². The van der Waals surface area contributed by atoms with Crippen LogP contribution in [0.4, 0.5) is 0 Å². The highest BCUT2D eigenvalue weighted by molar-refractivity contribution is 5.74. The van der Waals surface area contributed by atoms with Crippen molar-refractivity contribution in [3.63, 3.8) is 0 Å². The molecular formula is C9H14N4O2. The number of hydrogen-bond donors (Lipinski definition) is 2. The summed E-state index contributed by atoms with van der Waals surface area (Å²) in [5.74, 6) is 4.74. The zero-order chi connectivity index (χ0) is 11.1. The number of hydrazine groups is 1. The Morgan fingerprint density at radius 3 is 3.00 bits per heavy atom. The fraction of sp³-hybridized carbons (Fsp3) is 0.444. The molecule has 82 valence electrons. The van der Waals surface area contributed by atoms with Crippen molar-refractivity contribution in [1.82, 2.24) is 15.0 Å². The van der Waals surface area contributed by atoms with Gasteiger partial charge in [-0.1, -0.05) is 0 Å². The summed E-state index contributed by atoms with van der Waals surface area (Å²) in [6.07, 6.45) is 4.97. The van der Waals surface area contributed by atoms with Crippen LogP contribution >= 0.6 is 0 Å². The Bertz CT molecular complexity index is 374. The quantitative estimate of drug-likeness (QED) is 0.294. The second-order valence-electron chi connectivity index (χ2n) is 3.12. The van der Waals surface area contributed by atoms with E-state index in [4.69, 9.17) is 5.84 Å². The van der Waals surface area contributed by atoms with Crippen LogP contribution in [0.2, 0.25) is 0 Å². The van der Waals surface area contributed by atoms with Crippen molar-refractivity contribution in [2.45, 2.75) is 25.8 Å². The van der Waals surface area contributed by atoms with Gasteiger partial charge in [0.2, 0.25) is 5.91 Å². The van der Waals surface area contributed by atoms with Crippen molar-refractivity contribution in [3.8, 4) is 0 Å². The van der Waals surface area contributed by atoms with E-state index in [-0.39, 0.29) is 11.6 Å². The predicted molar refractivity (Wildman–Crippen MR) is 54.7 cm³/mol. The van der Waals surface area contributed by atoms with Gasteiger partial charge in [-0.25, -0.2) is 15.6 Å². The molecule has 0 radical (unpaired) electrons. The van der Waals surface area contributed by atoms with Gasteiger partial charge in [-0.15, -0.1) is 0 Å². The van der Waals surface area contributed by atoms with Crippen LogP contribution in [0.1, 0.15) is 19.3 Å². The number of carbonyl (C=O) groups excluding carboxylic acids is 1. The van der Waals surface area contributed by atoms with Crippen LogP contribution in [0, 0.1) is 0 Å². The minimum atomic E-state index is -0.263. The number of nitrogens with two attached hydrogens (primary N) is 1. The topological polar surface area (TPSA) is 90.0 Å². The third-order valence-electron chi connectivity index (χ3n) is 2.00. The Morgan fingerprint density at radius 2 is 2.33 bits per heavy atom. The van der Waals surface area contributed by atoms with Gasteiger partial charge < -0.3 is 0 Å². The molecule has 0 aliphatic heterocycles. The summed E-state index contributed by atoms with van der Waals surface area (Å²) >= 11 is 0. The molecule has 6 nitrogen and oxygen atoms in total. The zero-order valence-electron chi connectivity index (χ0n) is 8.35. The number of amides is 1. The number of nitrogens with zero attached hydrogens (tertiary/aromatic N) is 2. The molecule has 0 atom stereocenters. The second kappa shape index (κ2) is 5.92. The third-order valence-corrected chi connectivity index (χ3v) is 2.00. The Hall–Kier alpha value is -1.69. The van der Waals surface area contributed by atoms with E-state index in [0.29, 0.717) is 19.4 Å².